The molecule has 8 heteroatoms. The molecule has 0 aliphatic heterocycles. The second-order valence-electron chi connectivity index (χ2n) is 6.29. The smallest absolute Gasteiger partial charge is 0.261 e. The van der Waals surface area contributed by atoms with E-state index < -0.39 is 15.9 Å². The molecular formula is C20H18ClN3O3S. The first kappa shape index (κ1) is 19.9. The van der Waals surface area contributed by atoms with E-state index in [4.69, 9.17) is 11.6 Å². The fraction of sp³-hybridized carbons (Fsp3) is 0.100. The molecule has 0 fully saturated rings. The Morgan fingerprint density at radius 2 is 1.68 bits per heavy atom. The van der Waals surface area contributed by atoms with Crippen molar-refractivity contribution >= 4 is 39.0 Å². The maximum atomic E-state index is 12.6. The Balaban J connectivity index is 1.85. The van der Waals surface area contributed by atoms with E-state index >= 15 is 0 Å². The Hall–Kier alpha value is -2.90. The van der Waals surface area contributed by atoms with E-state index in [0.717, 1.165) is 11.1 Å². The van der Waals surface area contributed by atoms with Crippen molar-refractivity contribution < 1.29 is 13.2 Å². The number of nitrogens with one attached hydrogen (secondary N) is 2. The molecule has 0 saturated heterocycles. The van der Waals surface area contributed by atoms with Crippen molar-refractivity contribution in [3.05, 3.63) is 82.5 Å². The van der Waals surface area contributed by atoms with Crippen LogP contribution >= 0.6 is 11.6 Å². The second kappa shape index (κ2) is 8.00. The van der Waals surface area contributed by atoms with Crippen LogP contribution in [0.4, 0.5) is 11.5 Å². The number of carbonyl (C=O) groups excluding carboxylic acids is 1. The summed E-state index contributed by atoms with van der Waals surface area (Å²) in [4.78, 5) is 16.7. The molecule has 0 atom stereocenters. The number of hydrogen-bond acceptors (Lipinski definition) is 4. The van der Waals surface area contributed by atoms with Crippen molar-refractivity contribution in [1.82, 2.24) is 4.98 Å². The molecule has 0 radical (unpaired) electrons. The summed E-state index contributed by atoms with van der Waals surface area (Å²) in [5.74, 6) is -0.0210. The van der Waals surface area contributed by atoms with Crippen LogP contribution in [-0.2, 0) is 10.0 Å². The monoisotopic (exact) mass is 415 g/mol. The van der Waals surface area contributed by atoms with Crippen molar-refractivity contribution in [3.8, 4) is 0 Å². The molecule has 1 heterocycles. The van der Waals surface area contributed by atoms with E-state index in [1.165, 1.54) is 30.3 Å². The van der Waals surface area contributed by atoms with E-state index in [1.807, 2.05) is 19.9 Å². The molecule has 1 amide bonds. The molecule has 0 bridgehead atoms. The molecule has 28 heavy (non-hydrogen) atoms. The maximum absolute atomic E-state index is 12.6. The summed E-state index contributed by atoms with van der Waals surface area (Å²) in [7, 11) is -3.84. The zero-order valence-electron chi connectivity index (χ0n) is 15.2. The number of aromatic nitrogens is 1. The average Bonchev–Trinajstić information content (AvgIpc) is 2.63. The van der Waals surface area contributed by atoms with Gasteiger partial charge >= 0.3 is 0 Å². The third-order valence-corrected chi connectivity index (χ3v) is 5.67. The van der Waals surface area contributed by atoms with Crippen LogP contribution in [0, 0.1) is 13.8 Å². The highest BCUT2D eigenvalue weighted by molar-refractivity contribution is 7.92. The van der Waals surface area contributed by atoms with Crippen LogP contribution in [0.1, 0.15) is 21.5 Å². The number of aryl methyl sites for hydroxylation is 2. The van der Waals surface area contributed by atoms with Gasteiger partial charge in [0.1, 0.15) is 5.82 Å². The van der Waals surface area contributed by atoms with Gasteiger partial charge in [-0.1, -0.05) is 29.3 Å². The van der Waals surface area contributed by atoms with Gasteiger partial charge in [-0.3, -0.25) is 9.52 Å². The summed E-state index contributed by atoms with van der Waals surface area (Å²) < 4.78 is 27.6. The van der Waals surface area contributed by atoms with Crippen molar-refractivity contribution in [2.45, 2.75) is 18.7 Å². The van der Waals surface area contributed by atoms with E-state index in [-0.39, 0.29) is 21.2 Å². The van der Waals surface area contributed by atoms with Crippen molar-refractivity contribution in [2.75, 3.05) is 10.0 Å². The van der Waals surface area contributed by atoms with Gasteiger partial charge in [0.05, 0.1) is 15.6 Å². The SMILES string of the molecule is Cc1ccc(S(=O)(=O)Nc2cc(C(=O)Nc3cc(C)ccn3)ccc2Cl)cc1. The summed E-state index contributed by atoms with van der Waals surface area (Å²) in [6.07, 6.45) is 1.59. The predicted molar refractivity (Wildman–Crippen MR) is 110 cm³/mol. The Morgan fingerprint density at radius 1 is 0.964 bits per heavy atom. The number of rotatable bonds is 5. The van der Waals surface area contributed by atoms with Gasteiger partial charge in [0, 0.05) is 11.8 Å². The normalized spacial score (nSPS) is 11.1. The van der Waals surface area contributed by atoms with Gasteiger partial charge < -0.3 is 5.32 Å². The fourth-order valence-electron chi connectivity index (χ4n) is 2.46. The summed E-state index contributed by atoms with van der Waals surface area (Å²) in [6.45, 7) is 3.75. The number of carbonyl (C=O) groups is 1. The van der Waals surface area contributed by atoms with Crippen LogP contribution in [-0.4, -0.2) is 19.3 Å². The van der Waals surface area contributed by atoms with Gasteiger partial charge in [0.15, 0.2) is 0 Å². The zero-order chi connectivity index (χ0) is 20.3. The van der Waals surface area contributed by atoms with Crippen LogP contribution in [0.15, 0.2) is 65.7 Å². The molecule has 3 rings (SSSR count). The van der Waals surface area contributed by atoms with E-state index in [2.05, 4.69) is 15.0 Å². The number of anilines is 2. The van der Waals surface area contributed by atoms with E-state index in [0.29, 0.717) is 5.82 Å². The standard InChI is InChI=1S/C20H18ClN3O3S/c1-13-3-6-16(7-4-13)28(26,27)24-18-12-15(5-8-17(18)21)20(25)23-19-11-14(2)9-10-22-19/h3-12,24H,1-2H3,(H,22,23,25). The number of pyridine rings is 1. The molecule has 2 aromatic carbocycles. The molecule has 0 saturated carbocycles. The first-order valence-electron chi connectivity index (χ1n) is 8.38. The largest absolute Gasteiger partial charge is 0.307 e. The number of hydrogen-bond donors (Lipinski definition) is 2. The number of benzene rings is 2. The maximum Gasteiger partial charge on any atom is 0.261 e. The quantitative estimate of drug-likeness (QED) is 0.646. The van der Waals surface area contributed by atoms with Crippen molar-refractivity contribution in [2.24, 2.45) is 0 Å². The van der Waals surface area contributed by atoms with Crippen LogP contribution in [0.5, 0.6) is 0 Å². The minimum absolute atomic E-state index is 0.105. The highest BCUT2D eigenvalue weighted by Gasteiger charge is 2.17. The van der Waals surface area contributed by atoms with Crippen molar-refractivity contribution in [1.29, 1.82) is 0 Å². The molecule has 144 valence electrons. The molecule has 6 nitrogen and oxygen atoms in total. The number of nitrogens with zero attached hydrogens (tertiary/aromatic N) is 1. The van der Waals surface area contributed by atoms with Crippen LogP contribution in [0.25, 0.3) is 0 Å². The van der Waals surface area contributed by atoms with Crippen LogP contribution < -0.4 is 10.0 Å². The van der Waals surface area contributed by atoms with Crippen LogP contribution in [0.2, 0.25) is 5.02 Å². The Kier molecular flexibility index (Phi) is 5.67. The highest BCUT2D eigenvalue weighted by atomic mass is 35.5. The highest BCUT2D eigenvalue weighted by Crippen LogP contribution is 2.26. The first-order chi connectivity index (χ1) is 13.2. The Labute approximate surface area is 168 Å². The number of amides is 1. The number of sulfonamides is 1. The predicted octanol–water partition coefficient (Wildman–Crippen LogP) is 4.40. The van der Waals surface area contributed by atoms with Gasteiger partial charge in [-0.05, 0) is 61.9 Å². The first-order valence-corrected chi connectivity index (χ1v) is 10.2. The topological polar surface area (TPSA) is 88.2 Å². The zero-order valence-corrected chi connectivity index (χ0v) is 16.8. The summed E-state index contributed by atoms with van der Waals surface area (Å²) in [5.41, 5.74) is 2.26. The van der Waals surface area contributed by atoms with Gasteiger partial charge in [-0.25, -0.2) is 13.4 Å². The minimum atomic E-state index is -3.84. The minimum Gasteiger partial charge on any atom is -0.307 e. The fourth-order valence-corrected chi connectivity index (χ4v) is 3.75. The molecule has 2 N–H and O–H groups in total. The van der Waals surface area contributed by atoms with Gasteiger partial charge in [-0.15, -0.1) is 0 Å². The van der Waals surface area contributed by atoms with Crippen molar-refractivity contribution in [3.63, 3.8) is 0 Å². The molecule has 0 aliphatic rings. The number of halogens is 1. The lowest BCUT2D eigenvalue weighted by Crippen LogP contribution is -2.16. The second-order valence-corrected chi connectivity index (χ2v) is 8.38. The van der Waals surface area contributed by atoms with Crippen LogP contribution in [0.3, 0.4) is 0 Å². The van der Waals surface area contributed by atoms with Gasteiger partial charge in [0.2, 0.25) is 0 Å². The summed E-state index contributed by atoms with van der Waals surface area (Å²) in [5, 5.41) is 2.86. The Bertz CT molecular complexity index is 1130. The van der Waals surface area contributed by atoms with Gasteiger partial charge in [-0.2, -0.15) is 0 Å². The lowest BCUT2D eigenvalue weighted by atomic mass is 10.2. The Morgan fingerprint density at radius 3 is 2.36 bits per heavy atom. The summed E-state index contributed by atoms with van der Waals surface area (Å²) >= 11 is 6.13. The molecule has 0 aliphatic carbocycles. The van der Waals surface area contributed by atoms with Gasteiger partial charge in [0.25, 0.3) is 15.9 Å². The lowest BCUT2D eigenvalue weighted by molar-refractivity contribution is 0.102. The molecule has 0 unspecified atom stereocenters. The molecule has 0 spiro atoms. The molecule has 1 aromatic heterocycles. The lowest BCUT2D eigenvalue weighted by Gasteiger charge is -2.12. The van der Waals surface area contributed by atoms with E-state index in [1.54, 1.807) is 24.4 Å². The third-order valence-electron chi connectivity index (χ3n) is 3.96. The molecule has 3 aromatic rings. The van der Waals surface area contributed by atoms with E-state index in [9.17, 15) is 13.2 Å². The average molecular weight is 416 g/mol. The molecular weight excluding hydrogens is 398 g/mol. The summed E-state index contributed by atoms with van der Waals surface area (Å²) in [6, 6.07) is 14.3. The third kappa shape index (κ3) is 4.68.